The molecule has 2 N–H and O–H groups in total. The van der Waals surface area contributed by atoms with Crippen LogP contribution in [0.5, 0.6) is 5.75 Å². The molecule has 1 atom stereocenters. The molecule has 0 bridgehead atoms. The number of hydrogen-bond donors (Lipinski definition) is 1. The molecule has 1 aromatic carbocycles. The fourth-order valence-corrected chi connectivity index (χ4v) is 1.50. The number of ether oxygens (including phenoxy) is 1. The maximum absolute atomic E-state index is 13.2. The first-order chi connectivity index (χ1) is 5.68. The van der Waals surface area contributed by atoms with Crippen molar-refractivity contribution in [1.29, 1.82) is 0 Å². The summed E-state index contributed by atoms with van der Waals surface area (Å²) in [6.45, 7) is 0.326. The molecule has 0 radical (unpaired) electrons. The van der Waals surface area contributed by atoms with Crippen LogP contribution in [0.2, 0.25) is 5.02 Å². The fourth-order valence-electron chi connectivity index (χ4n) is 1.30. The predicted molar refractivity (Wildman–Crippen MR) is 43.8 cm³/mol. The van der Waals surface area contributed by atoms with Crippen LogP contribution >= 0.6 is 11.6 Å². The van der Waals surface area contributed by atoms with E-state index in [0.717, 1.165) is 0 Å². The molecule has 4 heteroatoms. The molecule has 1 aliphatic rings. The van der Waals surface area contributed by atoms with Crippen molar-refractivity contribution in [2.45, 2.75) is 6.04 Å². The van der Waals surface area contributed by atoms with E-state index in [4.69, 9.17) is 22.1 Å². The van der Waals surface area contributed by atoms with Crippen molar-refractivity contribution in [2.24, 2.45) is 5.73 Å². The number of nitrogens with two attached hydrogens (primary N) is 1. The summed E-state index contributed by atoms with van der Waals surface area (Å²) in [4.78, 5) is 0. The Bertz CT molecular complexity index is 329. The first-order valence-electron chi connectivity index (χ1n) is 3.56. The van der Waals surface area contributed by atoms with E-state index in [1.165, 1.54) is 6.07 Å². The highest BCUT2D eigenvalue weighted by atomic mass is 35.5. The smallest absolute Gasteiger partial charge is 0.133 e. The normalized spacial score (nSPS) is 20.4. The molecule has 1 aromatic rings. The van der Waals surface area contributed by atoms with Crippen molar-refractivity contribution >= 4 is 11.6 Å². The van der Waals surface area contributed by atoms with Crippen LogP contribution in [0.3, 0.4) is 0 Å². The highest BCUT2D eigenvalue weighted by Crippen LogP contribution is 2.35. The van der Waals surface area contributed by atoms with Crippen LogP contribution in [0.1, 0.15) is 11.6 Å². The lowest BCUT2D eigenvalue weighted by atomic mass is 10.1. The minimum absolute atomic E-state index is 0.326. The summed E-state index contributed by atoms with van der Waals surface area (Å²) in [5.74, 6) is 0.0787. The van der Waals surface area contributed by atoms with E-state index in [1.807, 2.05) is 0 Å². The van der Waals surface area contributed by atoms with E-state index < -0.39 is 0 Å². The Morgan fingerprint density at radius 1 is 1.58 bits per heavy atom. The summed E-state index contributed by atoms with van der Waals surface area (Å²) >= 11 is 5.62. The van der Waals surface area contributed by atoms with E-state index in [0.29, 0.717) is 22.9 Å². The van der Waals surface area contributed by atoms with E-state index in [9.17, 15) is 4.39 Å². The predicted octanol–water partition coefficient (Wildman–Crippen LogP) is 1.87. The average Bonchev–Trinajstić information content (AvgIpc) is 2.31. The lowest BCUT2D eigenvalue weighted by molar-refractivity contribution is 0.333. The third-order valence-electron chi connectivity index (χ3n) is 1.85. The van der Waals surface area contributed by atoms with Crippen LogP contribution in [-0.2, 0) is 0 Å². The summed E-state index contributed by atoms with van der Waals surface area (Å²) < 4.78 is 18.3. The number of halogens is 2. The van der Waals surface area contributed by atoms with Crippen molar-refractivity contribution in [3.05, 3.63) is 28.5 Å². The highest BCUT2D eigenvalue weighted by molar-refractivity contribution is 6.30. The van der Waals surface area contributed by atoms with Crippen molar-refractivity contribution < 1.29 is 9.13 Å². The van der Waals surface area contributed by atoms with E-state index in [1.54, 1.807) is 6.07 Å². The van der Waals surface area contributed by atoms with Gasteiger partial charge in [0, 0.05) is 5.02 Å². The molecule has 2 rings (SSSR count). The topological polar surface area (TPSA) is 35.2 Å². The Morgan fingerprint density at radius 3 is 3.08 bits per heavy atom. The Hall–Kier alpha value is -0.800. The van der Waals surface area contributed by atoms with Gasteiger partial charge in [-0.3, -0.25) is 0 Å². The molecule has 12 heavy (non-hydrogen) atoms. The number of fused-ring (bicyclic) bond motifs is 1. The molecule has 2 nitrogen and oxygen atoms in total. The summed E-state index contributed by atoms with van der Waals surface area (Å²) in [6, 6.07) is 2.46. The van der Waals surface area contributed by atoms with Crippen molar-refractivity contribution in [3.8, 4) is 5.75 Å². The van der Waals surface area contributed by atoms with Gasteiger partial charge in [-0.15, -0.1) is 0 Å². The van der Waals surface area contributed by atoms with Gasteiger partial charge in [0.15, 0.2) is 0 Å². The summed E-state index contributed by atoms with van der Waals surface area (Å²) in [6.07, 6.45) is 0. The molecule has 1 heterocycles. The molecule has 64 valence electrons. The van der Waals surface area contributed by atoms with Crippen LogP contribution < -0.4 is 10.5 Å². The fraction of sp³-hybridized carbons (Fsp3) is 0.250. The van der Waals surface area contributed by atoms with Gasteiger partial charge in [0.2, 0.25) is 0 Å². The second-order valence-corrected chi connectivity index (χ2v) is 3.15. The van der Waals surface area contributed by atoms with Crippen molar-refractivity contribution in [2.75, 3.05) is 6.61 Å². The highest BCUT2D eigenvalue weighted by Gasteiger charge is 2.24. The first-order valence-corrected chi connectivity index (χ1v) is 3.93. The maximum Gasteiger partial charge on any atom is 0.133 e. The zero-order valence-corrected chi connectivity index (χ0v) is 6.94. The Labute approximate surface area is 74.1 Å². The van der Waals surface area contributed by atoms with Gasteiger partial charge in [-0.2, -0.15) is 0 Å². The standard InChI is InChI=1S/C8H7ClFNO/c9-4-1-5(10)8-6(11)3-12-7(8)2-4/h1-2,6H,3,11H2/t6-/m0/s1. The number of hydrogen-bond acceptors (Lipinski definition) is 2. The zero-order valence-electron chi connectivity index (χ0n) is 6.18. The second kappa shape index (κ2) is 2.61. The molecular formula is C8H7ClFNO. The molecule has 0 spiro atoms. The van der Waals surface area contributed by atoms with Gasteiger partial charge >= 0.3 is 0 Å². The lowest BCUT2D eigenvalue weighted by Gasteiger charge is -2.02. The molecule has 0 saturated carbocycles. The van der Waals surface area contributed by atoms with Gasteiger partial charge in [0.1, 0.15) is 18.2 Å². The summed E-state index contributed by atoms with van der Waals surface area (Å²) in [5, 5.41) is 0.334. The average molecular weight is 188 g/mol. The SMILES string of the molecule is N[C@H]1COc2cc(Cl)cc(F)c21. The molecule has 1 aliphatic heterocycles. The molecule has 0 saturated heterocycles. The first kappa shape index (κ1) is 7.83. The Morgan fingerprint density at radius 2 is 2.33 bits per heavy atom. The van der Waals surface area contributed by atoms with Crippen LogP contribution in [0.25, 0.3) is 0 Å². The largest absolute Gasteiger partial charge is 0.491 e. The number of rotatable bonds is 0. The minimum atomic E-state index is -0.387. The van der Waals surface area contributed by atoms with E-state index in [-0.39, 0.29) is 11.9 Å². The van der Waals surface area contributed by atoms with E-state index in [2.05, 4.69) is 0 Å². The van der Waals surface area contributed by atoms with Crippen LogP contribution in [0, 0.1) is 5.82 Å². The quantitative estimate of drug-likeness (QED) is 0.673. The van der Waals surface area contributed by atoms with Gasteiger partial charge in [-0.25, -0.2) is 4.39 Å². The van der Waals surface area contributed by atoms with Crippen LogP contribution in [-0.4, -0.2) is 6.61 Å². The zero-order chi connectivity index (χ0) is 8.72. The molecule has 0 aliphatic carbocycles. The van der Waals surface area contributed by atoms with Gasteiger partial charge in [-0.05, 0) is 12.1 Å². The van der Waals surface area contributed by atoms with Gasteiger partial charge in [0.05, 0.1) is 11.6 Å². The van der Waals surface area contributed by atoms with Gasteiger partial charge < -0.3 is 10.5 Å². The van der Waals surface area contributed by atoms with Gasteiger partial charge in [0.25, 0.3) is 0 Å². The molecular weight excluding hydrogens is 181 g/mol. The molecule has 0 unspecified atom stereocenters. The maximum atomic E-state index is 13.2. The summed E-state index contributed by atoms with van der Waals surface area (Å²) in [5.41, 5.74) is 6.02. The van der Waals surface area contributed by atoms with Crippen LogP contribution in [0.15, 0.2) is 12.1 Å². The third kappa shape index (κ3) is 1.06. The van der Waals surface area contributed by atoms with Gasteiger partial charge in [-0.1, -0.05) is 11.6 Å². The second-order valence-electron chi connectivity index (χ2n) is 2.72. The molecule has 0 aromatic heterocycles. The minimum Gasteiger partial charge on any atom is -0.491 e. The van der Waals surface area contributed by atoms with Crippen LogP contribution in [0.4, 0.5) is 4.39 Å². The van der Waals surface area contributed by atoms with E-state index >= 15 is 0 Å². The lowest BCUT2D eigenvalue weighted by Crippen LogP contribution is -2.12. The molecule has 0 amide bonds. The Balaban J connectivity index is 2.60. The van der Waals surface area contributed by atoms with Crippen molar-refractivity contribution in [3.63, 3.8) is 0 Å². The monoisotopic (exact) mass is 187 g/mol. The Kier molecular flexibility index (Phi) is 1.70. The third-order valence-corrected chi connectivity index (χ3v) is 2.06. The summed E-state index contributed by atoms with van der Waals surface area (Å²) in [7, 11) is 0. The number of benzene rings is 1. The molecule has 0 fully saturated rings. The van der Waals surface area contributed by atoms with Crippen molar-refractivity contribution in [1.82, 2.24) is 0 Å².